The average Bonchev–Trinajstić information content (AvgIpc) is 2.05. The molecule has 0 atom stereocenters. The largest absolute Gasteiger partial charge is 0.489 e. The van der Waals surface area contributed by atoms with Crippen molar-refractivity contribution in [1.29, 1.82) is 0 Å². The number of rotatable bonds is 0. The molecule has 0 aliphatic carbocycles. The van der Waals surface area contributed by atoms with E-state index in [0.717, 1.165) is 5.75 Å². The van der Waals surface area contributed by atoms with Crippen LogP contribution in [0.3, 0.4) is 0 Å². The molecule has 0 spiro atoms. The van der Waals surface area contributed by atoms with Crippen LogP contribution >= 0.6 is 0 Å². The second-order valence-corrected chi connectivity index (χ2v) is 2.25. The van der Waals surface area contributed by atoms with Gasteiger partial charge in [0.25, 0.3) is 0 Å². The molecular weight excluding hydrogens is 336 g/mol. The molecule has 1 nitrogen and oxygen atoms in total. The predicted molar refractivity (Wildman–Crippen MR) is 52.3 cm³/mol. The molecule has 0 N–H and O–H groups in total. The summed E-state index contributed by atoms with van der Waals surface area (Å²) in [4.78, 5) is 0. The maximum atomic E-state index is 5.34. The second kappa shape index (κ2) is 5.34. The number of fused-ring (bicyclic) bond motifs is 1. The quantitative estimate of drug-likeness (QED) is 0.626. The minimum absolute atomic E-state index is 0. The summed E-state index contributed by atoms with van der Waals surface area (Å²) in [6.07, 6.45) is 4.10. The Bertz CT molecular complexity index is 273. The zero-order valence-corrected chi connectivity index (χ0v) is 8.92. The van der Waals surface area contributed by atoms with Crippen molar-refractivity contribution in [2.45, 2.75) is 0 Å². The van der Waals surface area contributed by atoms with Gasteiger partial charge in [0.15, 0.2) is 0 Å². The van der Waals surface area contributed by atoms with Crippen LogP contribution in [-0.4, -0.2) is 17.6 Å². The average molecular weight is 348 g/mol. The first-order chi connectivity index (χ1) is 4.97. The molecule has 2 rings (SSSR count). The van der Waals surface area contributed by atoms with E-state index in [1.54, 1.807) is 0 Å². The molecule has 0 saturated carbocycles. The summed E-state index contributed by atoms with van der Waals surface area (Å²) in [5.41, 5.74) is 1.17. The van der Waals surface area contributed by atoms with Gasteiger partial charge < -0.3 is 4.74 Å². The summed E-state index contributed by atoms with van der Waals surface area (Å²) in [7, 11) is 0. The van der Waals surface area contributed by atoms with E-state index in [2.05, 4.69) is 6.08 Å². The number of benzene rings is 1. The Hall–Kier alpha value is -0.335. The zero-order valence-electron chi connectivity index (χ0n) is 5.99. The first kappa shape index (κ1) is 11.7. The summed E-state index contributed by atoms with van der Waals surface area (Å²) in [6, 6.07) is 8.03. The Morgan fingerprint density at radius 3 is 2.67 bits per heavy atom. The zero-order chi connectivity index (χ0) is 6.81. The van der Waals surface area contributed by atoms with Gasteiger partial charge in [0.05, 0.1) is 0 Å². The van der Waals surface area contributed by atoms with E-state index in [4.69, 9.17) is 4.74 Å². The molecule has 12 heavy (non-hydrogen) atoms. The van der Waals surface area contributed by atoms with Crippen molar-refractivity contribution in [2.24, 2.45) is 0 Å². The van der Waals surface area contributed by atoms with Crippen LogP contribution < -0.4 is 4.74 Å². The summed E-state index contributed by atoms with van der Waals surface area (Å²) in [5, 5.41) is 0. The first-order valence-corrected chi connectivity index (χ1v) is 3.35. The number of hydrogen-bond acceptors (Lipinski definition) is 1. The normalized spacial score (nSPS) is 11.7. The predicted octanol–water partition coefficient (Wildman–Crippen LogP) is 0.638. The standard InChI is InChI=1S/C9H8O.H4Si.W/c1-2-6-9-8(4-1)5-3-7-10-9;;/h1-6H,7H2;1H4;. The maximum absolute atomic E-state index is 5.34. The van der Waals surface area contributed by atoms with Crippen LogP contribution in [0, 0.1) is 0 Å². The van der Waals surface area contributed by atoms with Crippen LogP contribution in [-0.2, 0) is 21.1 Å². The van der Waals surface area contributed by atoms with Gasteiger partial charge in [-0.1, -0.05) is 24.3 Å². The molecule has 0 radical (unpaired) electrons. The van der Waals surface area contributed by atoms with E-state index in [-0.39, 0.29) is 32.0 Å². The Kier molecular flexibility index (Phi) is 5.19. The van der Waals surface area contributed by atoms with Crippen LogP contribution in [0.2, 0.25) is 0 Å². The van der Waals surface area contributed by atoms with E-state index in [9.17, 15) is 0 Å². The van der Waals surface area contributed by atoms with Crippen molar-refractivity contribution < 1.29 is 25.8 Å². The summed E-state index contributed by atoms with van der Waals surface area (Å²) in [6.45, 7) is 0.705. The Morgan fingerprint density at radius 2 is 1.92 bits per heavy atom. The van der Waals surface area contributed by atoms with E-state index in [1.807, 2.05) is 30.3 Å². The molecule has 64 valence electrons. The molecule has 0 saturated heterocycles. The van der Waals surface area contributed by atoms with E-state index in [0.29, 0.717) is 6.61 Å². The fourth-order valence-electron chi connectivity index (χ4n) is 1.06. The molecule has 0 amide bonds. The monoisotopic (exact) mass is 348 g/mol. The van der Waals surface area contributed by atoms with E-state index < -0.39 is 0 Å². The van der Waals surface area contributed by atoms with Gasteiger partial charge in [-0.3, -0.25) is 0 Å². The fraction of sp³-hybridized carbons (Fsp3) is 0.111. The molecule has 1 aliphatic heterocycles. The minimum Gasteiger partial charge on any atom is -0.489 e. The van der Waals surface area contributed by atoms with E-state index in [1.165, 1.54) is 5.56 Å². The molecule has 0 bridgehead atoms. The van der Waals surface area contributed by atoms with Gasteiger partial charge in [-0.2, -0.15) is 0 Å². The van der Waals surface area contributed by atoms with E-state index >= 15 is 0 Å². The van der Waals surface area contributed by atoms with Gasteiger partial charge in [0.1, 0.15) is 12.4 Å². The molecule has 1 heterocycles. The number of hydrogen-bond donors (Lipinski definition) is 0. The summed E-state index contributed by atoms with van der Waals surface area (Å²) >= 11 is 0. The Morgan fingerprint density at radius 1 is 1.17 bits per heavy atom. The van der Waals surface area contributed by atoms with Gasteiger partial charge in [0, 0.05) is 26.6 Å². The van der Waals surface area contributed by atoms with Crippen LogP contribution in [0.1, 0.15) is 5.56 Å². The minimum atomic E-state index is 0. The Labute approximate surface area is 91.1 Å². The smallest absolute Gasteiger partial charge is 0.126 e. The third kappa shape index (κ3) is 2.33. The van der Waals surface area contributed by atoms with Crippen molar-refractivity contribution in [3.8, 4) is 5.75 Å². The van der Waals surface area contributed by atoms with Crippen molar-refractivity contribution >= 4 is 17.0 Å². The molecule has 3 heteroatoms. The molecule has 1 aromatic carbocycles. The maximum Gasteiger partial charge on any atom is 0.126 e. The second-order valence-electron chi connectivity index (χ2n) is 2.25. The molecule has 0 aromatic heterocycles. The topological polar surface area (TPSA) is 9.23 Å². The van der Waals surface area contributed by atoms with Crippen LogP contribution in [0.25, 0.3) is 6.08 Å². The van der Waals surface area contributed by atoms with Crippen molar-refractivity contribution in [3.05, 3.63) is 35.9 Å². The third-order valence-electron chi connectivity index (χ3n) is 1.55. The molecule has 1 aromatic rings. The van der Waals surface area contributed by atoms with Crippen LogP contribution in [0.5, 0.6) is 5.75 Å². The van der Waals surface area contributed by atoms with Gasteiger partial charge in [-0.15, -0.1) is 0 Å². The summed E-state index contributed by atoms with van der Waals surface area (Å²) < 4.78 is 5.34. The molecule has 0 unspecified atom stereocenters. The van der Waals surface area contributed by atoms with Crippen LogP contribution in [0.4, 0.5) is 0 Å². The van der Waals surface area contributed by atoms with Gasteiger partial charge in [0.2, 0.25) is 0 Å². The first-order valence-electron chi connectivity index (χ1n) is 3.35. The Balaban J connectivity index is 0.000000605. The number of ether oxygens (including phenoxy) is 1. The van der Waals surface area contributed by atoms with Gasteiger partial charge in [-0.25, -0.2) is 0 Å². The summed E-state index contributed by atoms with van der Waals surface area (Å²) in [5.74, 6) is 0.991. The molecular formula is C9H12OSiW. The number of para-hydroxylation sites is 1. The molecule has 1 aliphatic rings. The van der Waals surface area contributed by atoms with Crippen molar-refractivity contribution in [2.75, 3.05) is 6.61 Å². The fourth-order valence-corrected chi connectivity index (χ4v) is 1.06. The van der Waals surface area contributed by atoms with Crippen molar-refractivity contribution in [3.63, 3.8) is 0 Å². The van der Waals surface area contributed by atoms with Gasteiger partial charge in [-0.05, 0) is 23.1 Å². The van der Waals surface area contributed by atoms with Crippen LogP contribution in [0.15, 0.2) is 30.3 Å². The van der Waals surface area contributed by atoms with Gasteiger partial charge >= 0.3 is 0 Å². The van der Waals surface area contributed by atoms with Crippen molar-refractivity contribution in [1.82, 2.24) is 0 Å². The molecule has 0 fully saturated rings. The third-order valence-corrected chi connectivity index (χ3v) is 1.55. The SMILES string of the molecule is C1=Cc2ccccc2OC1.[SiH4].[W].